The highest BCUT2D eigenvalue weighted by Crippen LogP contribution is 2.25. The molecule has 0 unspecified atom stereocenters. The molecule has 2 heterocycles. The Bertz CT molecular complexity index is 1240. The summed E-state index contributed by atoms with van der Waals surface area (Å²) in [5.74, 6) is 3.40. The van der Waals surface area contributed by atoms with Crippen molar-refractivity contribution in [3.8, 4) is 12.3 Å². The minimum atomic E-state index is -0.283. The van der Waals surface area contributed by atoms with Crippen LogP contribution in [-0.2, 0) is 0 Å². The van der Waals surface area contributed by atoms with Gasteiger partial charge in [-0.05, 0) is 76.3 Å². The van der Waals surface area contributed by atoms with Crippen LogP contribution in [0.3, 0.4) is 0 Å². The molecule has 1 aliphatic rings. The maximum absolute atomic E-state index is 12.4. The molecule has 0 atom stereocenters. The van der Waals surface area contributed by atoms with E-state index in [1.807, 2.05) is 12.1 Å². The SMILES string of the molecule is C#Cc1cc(NC(=O)NC2CCCC2)nc2nc(Nc3ccc(SN(C)CCN(C)C)cc3)ncc12. The van der Waals surface area contributed by atoms with Crippen LogP contribution in [0.5, 0.6) is 0 Å². The van der Waals surface area contributed by atoms with Gasteiger partial charge in [0.2, 0.25) is 5.95 Å². The first-order chi connectivity index (χ1) is 17.4. The summed E-state index contributed by atoms with van der Waals surface area (Å²) in [6.45, 7) is 1.97. The number of likely N-dealkylation sites (N-methyl/N-ethyl adjacent to an activating group) is 2. The van der Waals surface area contributed by atoms with Gasteiger partial charge in [-0.3, -0.25) is 5.32 Å². The van der Waals surface area contributed by atoms with Crippen LogP contribution in [0.2, 0.25) is 0 Å². The zero-order valence-electron chi connectivity index (χ0n) is 20.9. The lowest BCUT2D eigenvalue weighted by Crippen LogP contribution is -2.36. The summed E-state index contributed by atoms with van der Waals surface area (Å²) in [5, 5.41) is 9.66. The van der Waals surface area contributed by atoms with Crippen LogP contribution in [0, 0.1) is 12.3 Å². The molecule has 9 nitrogen and oxygen atoms in total. The van der Waals surface area contributed by atoms with E-state index in [0.29, 0.717) is 28.4 Å². The lowest BCUT2D eigenvalue weighted by molar-refractivity contribution is 0.248. The van der Waals surface area contributed by atoms with E-state index < -0.39 is 0 Å². The van der Waals surface area contributed by atoms with Crippen molar-refractivity contribution in [2.75, 3.05) is 44.9 Å². The summed E-state index contributed by atoms with van der Waals surface area (Å²) in [7, 11) is 6.23. The van der Waals surface area contributed by atoms with Gasteiger partial charge in [-0.15, -0.1) is 6.42 Å². The number of urea groups is 1. The largest absolute Gasteiger partial charge is 0.335 e. The highest BCUT2D eigenvalue weighted by atomic mass is 32.2. The van der Waals surface area contributed by atoms with Gasteiger partial charge in [0.05, 0.1) is 5.39 Å². The number of terminal acetylenes is 1. The number of benzene rings is 1. The molecule has 1 aliphatic carbocycles. The summed E-state index contributed by atoms with van der Waals surface area (Å²) in [4.78, 5) is 29.2. The molecule has 1 aromatic carbocycles. The quantitative estimate of drug-likeness (QED) is 0.293. The fraction of sp³-hybridized carbons (Fsp3) is 0.385. The number of anilines is 3. The molecule has 2 aromatic heterocycles. The van der Waals surface area contributed by atoms with Gasteiger partial charge in [0.15, 0.2) is 5.65 Å². The zero-order valence-corrected chi connectivity index (χ0v) is 21.7. The predicted octanol–water partition coefficient (Wildman–Crippen LogP) is 4.31. The summed E-state index contributed by atoms with van der Waals surface area (Å²) in [6.07, 6.45) is 11.6. The number of pyridine rings is 1. The number of carbonyl (C=O) groups is 1. The molecular formula is C26H32N8OS. The molecule has 0 bridgehead atoms. The number of nitrogens with one attached hydrogen (secondary N) is 3. The van der Waals surface area contributed by atoms with Crippen molar-refractivity contribution in [2.24, 2.45) is 0 Å². The standard InChI is InChI=1S/C26H32N8OS/c1-5-18-16-23(31-26(35)29-19-8-6-7-9-19)30-24-22(18)17-27-25(32-24)28-20-10-12-21(13-11-20)36-34(4)15-14-33(2)3/h1,10-13,16-17,19H,6-9,14-15H2,2-4H3,(H3,27,28,29,30,31,32,35). The molecule has 188 valence electrons. The molecule has 2 amide bonds. The average molecular weight is 505 g/mol. The number of carbonyl (C=O) groups excluding carboxylic acids is 1. The van der Waals surface area contributed by atoms with E-state index in [9.17, 15) is 4.79 Å². The van der Waals surface area contributed by atoms with Crippen LogP contribution in [-0.4, -0.2) is 70.5 Å². The summed E-state index contributed by atoms with van der Waals surface area (Å²) in [6, 6.07) is 9.68. The van der Waals surface area contributed by atoms with Crippen molar-refractivity contribution in [2.45, 2.75) is 36.6 Å². The van der Waals surface area contributed by atoms with Gasteiger partial charge in [-0.2, -0.15) is 4.98 Å². The van der Waals surface area contributed by atoms with Crippen LogP contribution in [0.25, 0.3) is 11.0 Å². The van der Waals surface area contributed by atoms with Crippen molar-refractivity contribution in [3.63, 3.8) is 0 Å². The Balaban J connectivity index is 1.44. The van der Waals surface area contributed by atoms with Crippen LogP contribution in [0.15, 0.2) is 41.4 Å². The average Bonchev–Trinajstić information content (AvgIpc) is 3.36. The van der Waals surface area contributed by atoms with Gasteiger partial charge >= 0.3 is 6.03 Å². The van der Waals surface area contributed by atoms with Crippen molar-refractivity contribution in [3.05, 3.63) is 42.1 Å². The number of aromatic nitrogens is 3. The predicted molar refractivity (Wildman–Crippen MR) is 146 cm³/mol. The Morgan fingerprint density at radius 2 is 1.89 bits per heavy atom. The van der Waals surface area contributed by atoms with E-state index >= 15 is 0 Å². The molecule has 0 saturated heterocycles. The van der Waals surface area contributed by atoms with Crippen molar-refractivity contribution < 1.29 is 4.79 Å². The third-order valence-corrected chi connectivity index (χ3v) is 6.86. The Morgan fingerprint density at radius 3 is 2.58 bits per heavy atom. The lowest BCUT2D eigenvalue weighted by Gasteiger charge is -2.18. The number of hydrogen-bond acceptors (Lipinski definition) is 8. The van der Waals surface area contributed by atoms with Crippen LogP contribution >= 0.6 is 11.9 Å². The van der Waals surface area contributed by atoms with Crippen molar-refractivity contribution in [1.29, 1.82) is 0 Å². The van der Waals surface area contributed by atoms with Crippen LogP contribution in [0.1, 0.15) is 31.2 Å². The zero-order chi connectivity index (χ0) is 25.5. The third kappa shape index (κ3) is 7.07. The van der Waals surface area contributed by atoms with Gasteiger partial charge in [0.25, 0.3) is 0 Å². The molecule has 1 fully saturated rings. The summed E-state index contributed by atoms with van der Waals surface area (Å²) in [5.41, 5.74) is 1.84. The van der Waals surface area contributed by atoms with Gasteiger partial charge in [0, 0.05) is 41.5 Å². The molecule has 1 saturated carbocycles. The minimum absolute atomic E-state index is 0.207. The first-order valence-corrected chi connectivity index (χ1v) is 12.8. The maximum atomic E-state index is 12.4. The fourth-order valence-corrected chi connectivity index (χ4v) is 4.75. The van der Waals surface area contributed by atoms with E-state index in [-0.39, 0.29) is 12.1 Å². The molecule has 0 aliphatic heterocycles. The Morgan fingerprint density at radius 1 is 1.14 bits per heavy atom. The highest BCUT2D eigenvalue weighted by Gasteiger charge is 2.18. The van der Waals surface area contributed by atoms with E-state index in [4.69, 9.17) is 6.42 Å². The smallest absolute Gasteiger partial charge is 0.320 e. The lowest BCUT2D eigenvalue weighted by atomic mass is 10.2. The molecule has 0 radical (unpaired) electrons. The van der Waals surface area contributed by atoms with Gasteiger partial charge in [-0.25, -0.2) is 19.1 Å². The maximum Gasteiger partial charge on any atom is 0.320 e. The second-order valence-electron chi connectivity index (χ2n) is 9.11. The number of fused-ring (bicyclic) bond motifs is 1. The molecule has 0 spiro atoms. The normalized spacial score (nSPS) is 13.8. The van der Waals surface area contributed by atoms with Gasteiger partial charge in [0.1, 0.15) is 5.82 Å². The molecule has 10 heteroatoms. The van der Waals surface area contributed by atoms with Gasteiger partial charge in [-0.1, -0.05) is 18.8 Å². The Labute approximate surface area is 216 Å². The Kier molecular flexibility index (Phi) is 8.59. The van der Waals surface area contributed by atoms with E-state index in [2.05, 4.69) is 79.3 Å². The number of rotatable bonds is 9. The first-order valence-electron chi connectivity index (χ1n) is 12.0. The summed E-state index contributed by atoms with van der Waals surface area (Å²) < 4.78 is 2.21. The van der Waals surface area contributed by atoms with Crippen LogP contribution in [0.4, 0.5) is 22.2 Å². The monoisotopic (exact) mass is 504 g/mol. The van der Waals surface area contributed by atoms with E-state index in [1.54, 1.807) is 24.2 Å². The second kappa shape index (κ2) is 12.0. The Hall–Kier alpha value is -3.39. The number of amides is 2. The molecule has 3 N–H and O–H groups in total. The van der Waals surface area contributed by atoms with Crippen molar-refractivity contribution >= 4 is 46.5 Å². The summed E-state index contributed by atoms with van der Waals surface area (Å²) >= 11 is 1.70. The highest BCUT2D eigenvalue weighted by molar-refractivity contribution is 7.97. The second-order valence-corrected chi connectivity index (χ2v) is 10.4. The van der Waals surface area contributed by atoms with Crippen LogP contribution < -0.4 is 16.0 Å². The van der Waals surface area contributed by atoms with Gasteiger partial charge < -0.3 is 15.5 Å². The number of hydrogen-bond donors (Lipinski definition) is 3. The topological polar surface area (TPSA) is 98.3 Å². The molecular weight excluding hydrogens is 472 g/mol. The molecule has 36 heavy (non-hydrogen) atoms. The number of nitrogens with zero attached hydrogens (tertiary/aromatic N) is 5. The van der Waals surface area contributed by atoms with Crippen molar-refractivity contribution in [1.82, 2.24) is 29.5 Å². The fourth-order valence-electron chi connectivity index (χ4n) is 3.96. The van der Waals surface area contributed by atoms with E-state index in [0.717, 1.165) is 49.4 Å². The van der Waals surface area contributed by atoms with E-state index in [1.165, 1.54) is 0 Å². The molecule has 3 aromatic rings. The third-order valence-electron chi connectivity index (χ3n) is 5.89. The minimum Gasteiger partial charge on any atom is -0.335 e. The first kappa shape index (κ1) is 25.7. The molecule has 4 rings (SSSR count).